The van der Waals surface area contributed by atoms with Crippen molar-refractivity contribution in [3.63, 3.8) is 0 Å². The Kier molecular flexibility index (Phi) is 7.08. The highest BCUT2D eigenvalue weighted by Crippen LogP contribution is 2.35. The van der Waals surface area contributed by atoms with E-state index >= 15 is 0 Å². The summed E-state index contributed by atoms with van der Waals surface area (Å²) < 4.78 is 34.9. The van der Waals surface area contributed by atoms with Crippen molar-refractivity contribution in [2.45, 2.75) is 30.7 Å². The molecule has 1 N–H and O–H groups in total. The molecule has 186 valence electrons. The number of methoxy groups -OCH3 is 1. The monoisotopic (exact) mass is 499 g/mol. The molecule has 0 amide bonds. The zero-order valence-corrected chi connectivity index (χ0v) is 20.7. The molecule has 1 unspecified atom stereocenters. The van der Waals surface area contributed by atoms with Crippen LogP contribution in [0.5, 0.6) is 5.75 Å². The van der Waals surface area contributed by atoms with Crippen molar-refractivity contribution in [1.82, 2.24) is 13.9 Å². The van der Waals surface area contributed by atoms with Gasteiger partial charge in [-0.05, 0) is 48.6 Å². The summed E-state index contributed by atoms with van der Waals surface area (Å²) in [6.45, 7) is 2.92. The first kappa shape index (κ1) is 24.7. The molecule has 1 aliphatic rings. The number of anilines is 1. The second kappa shape index (κ2) is 10.0. The quantitative estimate of drug-likeness (QED) is 0.368. The van der Waals surface area contributed by atoms with Crippen LogP contribution < -0.4 is 10.1 Å². The highest BCUT2D eigenvalue weighted by atomic mass is 32.2. The van der Waals surface area contributed by atoms with Gasteiger partial charge in [-0.25, -0.2) is 13.4 Å². The molecule has 1 aliphatic heterocycles. The maximum Gasteiger partial charge on any atom is 0.293 e. The van der Waals surface area contributed by atoms with Crippen molar-refractivity contribution in [3.8, 4) is 5.75 Å². The minimum Gasteiger partial charge on any atom is -0.497 e. The number of benzene rings is 2. The average Bonchev–Trinajstić information content (AvgIpc) is 3.28. The van der Waals surface area contributed by atoms with Crippen molar-refractivity contribution in [1.29, 1.82) is 0 Å². The third kappa shape index (κ3) is 5.15. The second-order valence-corrected chi connectivity index (χ2v) is 10.7. The molecule has 3 aromatic rings. The molecular weight excluding hydrogens is 470 g/mol. The van der Waals surface area contributed by atoms with Gasteiger partial charge >= 0.3 is 0 Å². The zero-order valence-electron chi connectivity index (χ0n) is 19.9. The van der Waals surface area contributed by atoms with Gasteiger partial charge < -0.3 is 14.6 Å². The van der Waals surface area contributed by atoms with E-state index in [0.29, 0.717) is 30.6 Å². The van der Waals surface area contributed by atoms with E-state index in [-0.39, 0.29) is 16.3 Å². The smallest absolute Gasteiger partial charge is 0.293 e. The van der Waals surface area contributed by atoms with Crippen LogP contribution in [0, 0.1) is 16.0 Å². The van der Waals surface area contributed by atoms with E-state index in [1.807, 2.05) is 35.9 Å². The Hall–Kier alpha value is -3.44. The summed E-state index contributed by atoms with van der Waals surface area (Å²) in [6, 6.07) is 10.8. The number of hydrogen-bond acceptors (Lipinski definition) is 7. The van der Waals surface area contributed by atoms with Crippen LogP contribution in [0.1, 0.15) is 37.2 Å². The molecule has 2 aromatic carbocycles. The number of rotatable bonds is 8. The number of ether oxygens (including phenoxy) is 1. The summed E-state index contributed by atoms with van der Waals surface area (Å²) in [7, 11) is -0.431. The highest BCUT2D eigenvalue weighted by molar-refractivity contribution is 7.89. The third-order valence-electron chi connectivity index (χ3n) is 6.39. The summed E-state index contributed by atoms with van der Waals surface area (Å²) in [4.78, 5) is 15.8. The number of imidazole rings is 1. The van der Waals surface area contributed by atoms with Gasteiger partial charge in [-0.1, -0.05) is 19.1 Å². The number of sulfonamides is 1. The lowest BCUT2D eigenvalue weighted by atomic mass is 10.0. The van der Waals surface area contributed by atoms with E-state index in [1.54, 1.807) is 19.5 Å². The Morgan fingerprint density at radius 2 is 1.94 bits per heavy atom. The largest absolute Gasteiger partial charge is 0.497 e. The number of aryl methyl sites for hydroxylation is 1. The van der Waals surface area contributed by atoms with Gasteiger partial charge in [-0.15, -0.1) is 0 Å². The van der Waals surface area contributed by atoms with Crippen molar-refractivity contribution in [3.05, 3.63) is 76.4 Å². The summed E-state index contributed by atoms with van der Waals surface area (Å²) in [5.41, 5.74) is 0.655. The predicted octanol–water partition coefficient (Wildman–Crippen LogP) is 3.96. The first-order valence-corrected chi connectivity index (χ1v) is 12.8. The fourth-order valence-corrected chi connectivity index (χ4v) is 5.74. The van der Waals surface area contributed by atoms with Gasteiger partial charge in [-0.2, -0.15) is 4.31 Å². The number of nitro groups is 1. The van der Waals surface area contributed by atoms with Crippen LogP contribution >= 0.6 is 0 Å². The van der Waals surface area contributed by atoms with Crippen molar-refractivity contribution in [2.24, 2.45) is 13.0 Å². The zero-order chi connectivity index (χ0) is 25.2. The maximum atomic E-state index is 13.2. The van der Waals surface area contributed by atoms with E-state index in [1.165, 1.54) is 16.4 Å². The Morgan fingerprint density at radius 1 is 1.20 bits per heavy atom. The molecule has 1 aromatic heterocycles. The number of hydrogen-bond donors (Lipinski definition) is 1. The Balaban J connectivity index is 1.72. The number of nitrogens with one attached hydrogen (secondary N) is 1. The van der Waals surface area contributed by atoms with Crippen molar-refractivity contribution >= 4 is 21.4 Å². The second-order valence-electron chi connectivity index (χ2n) is 8.77. The van der Waals surface area contributed by atoms with Gasteiger partial charge in [-0.3, -0.25) is 10.1 Å². The van der Waals surface area contributed by atoms with Gasteiger partial charge in [0.05, 0.1) is 16.9 Å². The summed E-state index contributed by atoms with van der Waals surface area (Å²) in [6.07, 6.45) is 4.97. The highest BCUT2D eigenvalue weighted by Gasteiger charge is 2.31. The molecule has 0 spiro atoms. The summed E-state index contributed by atoms with van der Waals surface area (Å²) >= 11 is 0. The number of piperidine rings is 1. The van der Waals surface area contributed by atoms with Gasteiger partial charge in [0.15, 0.2) is 0 Å². The molecule has 35 heavy (non-hydrogen) atoms. The minimum atomic E-state index is -3.83. The average molecular weight is 500 g/mol. The van der Waals surface area contributed by atoms with Crippen LogP contribution in [0.3, 0.4) is 0 Å². The van der Waals surface area contributed by atoms with Crippen LogP contribution in [-0.2, 0) is 17.1 Å². The molecule has 4 rings (SSSR count). The molecule has 1 atom stereocenters. The Labute approximate surface area is 204 Å². The lowest BCUT2D eigenvalue weighted by molar-refractivity contribution is -0.384. The first-order valence-electron chi connectivity index (χ1n) is 11.4. The molecule has 1 fully saturated rings. The fraction of sp³-hybridized carbons (Fsp3) is 0.375. The lowest BCUT2D eigenvalue weighted by Gasteiger charge is -2.29. The first-order chi connectivity index (χ1) is 16.7. The van der Waals surface area contributed by atoms with Crippen LogP contribution in [0.2, 0.25) is 0 Å². The van der Waals surface area contributed by atoms with Gasteiger partial charge in [0, 0.05) is 38.6 Å². The normalized spacial score (nSPS) is 16.1. The SMILES string of the molecule is COc1cccc(C(Nc2ccc(S(=O)(=O)N3CCC(C)CC3)cc2[N+](=O)[O-])c2nccn2C)c1. The van der Waals surface area contributed by atoms with Crippen LogP contribution in [0.25, 0.3) is 0 Å². The van der Waals surface area contributed by atoms with Gasteiger partial charge in [0.25, 0.3) is 5.69 Å². The Morgan fingerprint density at radius 3 is 2.57 bits per heavy atom. The van der Waals surface area contributed by atoms with Crippen LogP contribution in [0.4, 0.5) is 11.4 Å². The molecule has 2 heterocycles. The fourth-order valence-electron chi connectivity index (χ4n) is 4.25. The maximum absolute atomic E-state index is 13.2. The van der Waals surface area contributed by atoms with Gasteiger partial charge in [0.1, 0.15) is 23.3 Å². The summed E-state index contributed by atoms with van der Waals surface area (Å²) in [5.74, 6) is 1.73. The summed E-state index contributed by atoms with van der Waals surface area (Å²) in [5, 5.41) is 15.2. The minimum absolute atomic E-state index is 0.0841. The molecular formula is C24H29N5O5S. The topological polar surface area (TPSA) is 120 Å². The van der Waals surface area contributed by atoms with Crippen molar-refractivity contribution < 1.29 is 18.1 Å². The number of aromatic nitrogens is 2. The van der Waals surface area contributed by atoms with E-state index in [4.69, 9.17) is 4.74 Å². The van der Waals surface area contributed by atoms with E-state index in [2.05, 4.69) is 17.2 Å². The predicted molar refractivity (Wildman–Crippen MR) is 132 cm³/mol. The number of nitro benzene ring substituents is 1. The Bertz CT molecular complexity index is 1320. The van der Waals surface area contributed by atoms with Gasteiger partial charge in [0.2, 0.25) is 10.0 Å². The molecule has 10 nitrogen and oxygen atoms in total. The molecule has 0 saturated carbocycles. The molecule has 0 bridgehead atoms. The van der Waals surface area contributed by atoms with E-state index < -0.39 is 21.0 Å². The van der Waals surface area contributed by atoms with E-state index in [0.717, 1.165) is 24.5 Å². The molecule has 0 aliphatic carbocycles. The molecule has 1 saturated heterocycles. The molecule has 11 heteroatoms. The van der Waals surface area contributed by atoms with E-state index in [9.17, 15) is 18.5 Å². The number of nitrogens with zero attached hydrogens (tertiary/aromatic N) is 4. The lowest BCUT2D eigenvalue weighted by Crippen LogP contribution is -2.37. The standard InChI is InChI=1S/C24H29N5O5S/c1-17-9-12-28(13-10-17)35(32,33)20-7-8-21(22(16-20)29(30)31)26-23(24-25-11-14-27(24)2)18-5-4-6-19(15-18)34-3/h4-8,11,14-17,23,26H,9-10,12-13H2,1-3H3. The van der Waals surface area contributed by atoms with Crippen molar-refractivity contribution in [2.75, 3.05) is 25.5 Å². The third-order valence-corrected chi connectivity index (χ3v) is 8.28. The molecule has 0 radical (unpaired) electrons. The van der Waals surface area contributed by atoms with Crippen LogP contribution in [-0.4, -0.2) is 47.4 Å². The van der Waals surface area contributed by atoms with Crippen LogP contribution in [0.15, 0.2) is 59.8 Å².